The van der Waals surface area contributed by atoms with Crippen molar-refractivity contribution in [3.05, 3.63) is 30.0 Å². The summed E-state index contributed by atoms with van der Waals surface area (Å²) < 4.78 is 2.24. The highest BCUT2D eigenvalue weighted by Gasteiger charge is 2.19. The van der Waals surface area contributed by atoms with Gasteiger partial charge in [-0.05, 0) is 43.0 Å². The van der Waals surface area contributed by atoms with E-state index in [4.69, 9.17) is 0 Å². The van der Waals surface area contributed by atoms with Gasteiger partial charge < -0.3 is 5.32 Å². The highest BCUT2D eigenvalue weighted by Crippen LogP contribution is 2.29. The Kier molecular flexibility index (Phi) is 3.09. The van der Waals surface area contributed by atoms with Crippen LogP contribution in [0, 0.1) is 0 Å². The zero-order valence-corrected chi connectivity index (χ0v) is 12.1. The molecule has 1 saturated heterocycles. The van der Waals surface area contributed by atoms with Crippen molar-refractivity contribution < 1.29 is 0 Å². The SMILES string of the molecule is CC(C)(C)c1ccc2cnn(C3CCNCC3)c2c1. The van der Waals surface area contributed by atoms with Crippen LogP contribution in [-0.2, 0) is 5.41 Å². The predicted molar refractivity (Wildman–Crippen MR) is 79.6 cm³/mol. The molecular weight excluding hydrogens is 234 g/mol. The van der Waals surface area contributed by atoms with Gasteiger partial charge in [0.2, 0.25) is 0 Å². The molecule has 0 bridgehead atoms. The molecule has 1 aliphatic heterocycles. The molecule has 3 heteroatoms. The number of hydrogen-bond acceptors (Lipinski definition) is 2. The van der Waals surface area contributed by atoms with Gasteiger partial charge in [-0.2, -0.15) is 5.10 Å². The Morgan fingerprint density at radius 2 is 1.95 bits per heavy atom. The van der Waals surface area contributed by atoms with Crippen LogP contribution in [0.4, 0.5) is 0 Å². The lowest BCUT2D eigenvalue weighted by Crippen LogP contribution is -2.29. The van der Waals surface area contributed by atoms with Crippen LogP contribution in [0.5, 0.6) is 0 Å². The molecule has 1 aromatic carbocycles. The number of rotatable bonds is 1. The van der Waals surface area contributed by atoms with Gasteiger partial charge in [-0.15, -0.1) is 0 Å². The van der Waals surface area contributed by atoms with Crippen molar-refractivity contribution >= 4 is 10.9 Å². The average molecular weight is 257 g/mol. The van der Waals surface area contributed by atoms with Gasteiger partial charge in [-0.3, -0.25) is 4.68 Å². The average Bonchev–Trinajstić information content (AvgIpc) is 2.81. The fourth-order valence-corrected chi connectivity index (χ4v) is 2.85. The third-order valence-corrected chi connectivity index (χ3v) is 4.12. The summed E-state index contributed by atoms with van der Waals surface area (Å²) in [4.78, 5) is 0. The Labute approximate surface area is 115 Å². The zero-order chi connectivity index (χ0) is 13.5. The summed E-state index contributed by atoms with van der Waals surface area (Å²) in [6.45, 7) is 8.99. The highest BCUT2D eigenvalue weighted by molar-refractivity contribution is 5.79. The molecule has 1 aromatic heterocycles. The first kappa shape index (κ1) is 12.7. The topological polar surface area (TPSA) is 29.9 Å². The molecule has 0 amide bonds. The van der Waals surface area contributed by atoms with Gasteiger partial charge in [0.05, 0.1) is 17.8 Å². The number of fused-ring (bicyclic) bond motifs is 1. The molecule has 3 rings (SSSR count). The molecular formula is C16H23N3. The normalized spacial score (nSPS) is 18.1. The number of nitrogens with zero attached hydrogens (tertiary/aromatic N) is 2. The molecule has 0 unspecified atom stereocenters. The van der Waals surface area contributed by atoms with Crippen molar-refractivity contribution in [1.82, 2.24) is 15.1 Å². The van der Waals surface area contributed by atoms with E-state index in [0.29, 0.717) is 6.04 Å². The smallest absolute Gasteiger partial charge is 0.0688 e. The maximum absolute atomic E-state index is 4.63. The van der Waals surface area contributed by atoms with Gasteiger partial charge in [-0.25, -0.2) is 0 Å². The van der Waals surface area contributed by atoms with E-state index in [0.717, 1.165) is 13.1 Å². The van der Waals surface area contributed by atoms with Gasteiger partial charge >= 0.3 is 0 Å². The van der Waals surface area contributed by atoms with Crippen molar-refractivity contribution in [1.29, 1.82) is 0 Å². The standard InChI is InChI=1S/C16H23N3/c1-16(2,3)13-5-4-12-11-18-19(15(12)10-13)14-6-8-17-9-7-14/h4-5,10-11,14,17H,6-9H2,1-3H3. The molecule has 0 aliphatic carbocycles. The Bertz CT molecular complexity index is 571. The van der Waals surface area contributed by atoms with Crippen molar-refractivity contribution in [3.8, 4) is 0 Å². The lowest BCUT2D eigenvalue weighted by Gasteiger charge is -2.24. The molecule has 1 aliphatic rings. The summed E-state index contributed by atoms with van der Waals surface area (Å²) in [6, 6.07) is 7.32. The summed E-state index contributed by atoms with van der Waals surface area (Å²) in [7, 11) is 0. The number of nitrogens with one attached hydrogen (secondary N) is 1. The number of benzene rings is 1. The van der Waals surface area contributed by atoms with E-state index >= 15 is 0 Å². The first-order chi connectivity index (χ1) is 9.05. The second-order valence-electron chi connectivity index (χ2n) is 6.59. The molecule has 19 heavy (non-hydrogen) atoms. The Morgan fingerprint density at radius 3 is 2.63 bits per heavy atom. The van der Waals surface area contributed by atoms with Crippen LogP contribution < -0.4 is 5.32 Å². The minimum atomic E-state index is 0.192. The van der Waals surface area contributed by atoms with Crippen molar-refractivity contribution in [2.75, 3.05) is 13.1 Å². The second kappa shape index (κ2) is 4.64. The monoisotopic (exact) mass is 257 g/mol. The van der Waals surface area contributed by atoms with E-state index in [-0.39, 0.29) is 5.41 Å². The highest BCUT2D eigenvalue weighted by atomic mass is 15.3. The zero-order valence-electron chi connectivity index (χ0n) is 12.1. The Morgan fingerprint density at radius 1 is 1.21 bits per heavy atom. The van der Waals surface area contributed by atoms with Crippen molar-refractivity contribution in [2.45, 2.75) is 45.1 Å². The summed E-state index contributed by atoms with van der Waals surface area (Å²) in [6.07, 6.45) is 4.36. The maximum Gasteiger partial charge on any atom is 0.0688 e. The summed E-state index contributed by atoms with van der Waals surface area (Å²) in [5, 5.41) is 9.31. The molecule has 0 radical (unpaired) electrons. The van der Waals surface area contributed by atoms with Gasteiger partial charge in [0.25, 0.3) is 0 Å². The summed E-state index contributed by atoms with van der Waals surface area (Å²) in [5.74, 6) is 0. The van der Waals surface area contributed by atoms with Gasteiger partial charge in [-0.1, -0.05) is 32.9 Å². The molecule has 0 atom stereocenters. The lowest BCUT2D eigenvalue weighted by atomic mass is 9.86. The molecule has 0 saturated carbocycles. The fraction of sp³-hybridized carbons (Fsp3) is 0.562. The van der Waals surface area contributed by atoms with Crippen LogP contribution >= 0.6 is 0 Å². The summed E-state index contributed by atoms with van der Waals surface area (Å²) in [5.41, 5.74) is 2.87. The van der Waals surface area contributed by atoms with Crippen LogP contribution in [0.2, 0.25) is 0 Å². The van der Waals surface area contributed by atoms with Gasteiger partial charge in [0, 0.05) is 5.39 Å². The Hall–Kier alpha value is -1.35. The van der Waals surface area contributed by atoms with Gasteiger partial charge in [0.1, 0.15) is 0 Å². The van der Waals surface area contributed by atoms with Crippen molar-refractivity contribution in [3.63, 3.8) is 0 Å². The van der Waals surface area contributed by atoms with Crippen LogP contribution in [0.25, 0.3) is 10.9 Å². The predicted octanol–water partition coefficient (Wildman–Crippen LogP) is 3.26. The Balaban J connectivity index is 2.05. The molecule has 3 nitrogen and oxygen atoms in total. The molecule has 1 fully saturated rings. The second-order valence-corrected chi connectivity index (χ2v) is 6.59. The van der Waals surface area contributed by atoms with Crippen molar-refractivity contribution in [2.24, 2.45) is 0 Å². The minimum absolute atomic E-state index is 0.192. The first-order valence-electron chi connectivity index (χ1n) is 7.24. The van der Waals surface area contributed by atoms with Crippen LogP contribution in [-0.4, -0.2) is 22.9 Å². The maximum atomic E-state index is 4.63. The van der Waals surface area contributed by atoms with E-state index in [9.17, 15) is 0 Å². The van der Waals surface area contributed by atoms with Gasteiger partial charge in [0.15, 0.2) is 0 Å². The van der Waals surface area contributed by atoms with E-state index in [1.807, 2.05) is 6.20 Å². The minimum Gasteiger partial charge on any atom is -0.317 e. The molecule has 0 spiro atoms. The van der Waals surface area contributed by atoms with Crippen LogP contribution in [0.15, 0.2) is 24.4 Å². The largest absolute Gasteiger partial charge is 0.317 e. The van der Waals surface area contributed by atoms with E-state index in [1.54, 1.807) is 0 Å². The van der Waals surface area contributed by atoms with E-state index < -0.39 is 0 Å². The fourth-order valence-electron chi connectivity index (χ4n) is 2.85. The first-order valence-corrected chi connectivity index (χ1v) is 7.24. The quantitative estimate of drug-likeness (QED) is 0.850. The van der Waals surface area contributed by atoms with E-state index in [1.165, 1.54) is 29.3 Å². The summed E-state index contributed by atoms with van der Waals surface area (Å²) >= 11 is 0. The third-order valence-electron chi connectivity index (χ3n) is 4.12. The number of piperidine rings is 1. The third kappa shape index (κ3) is 2.39. The molecule has 2 aromatic rings. The molecule has 2 heterocycles. The number of hydrogen-bond donors (Lipinski definition) is 1. The van der Waals surface area contributed by atoms with E-state index in [2.05, 4.69) is 54.1 Å². The van der Waals surface area contributed by atoms with Crippen LogP contribution in [0.3, 0.4) is 0 Å². The molecule has 102 valence electrons. The van der Waals surface area contributed by atoms with Crippen LogP contribution in [0.1, 0.15) is 45.2 Å². The number of aromatic nitrogens is 2. The molecule has 1 N–H and O–H groups in total. The lowest BCUT2D eigenvalue weighted by molar-refractivity contribution is 0.351.